The minimum atomic E-state index is -1.34. The lowest BCUT2D eigenvalue weighted by Crippen LogP contribution is -2.67. The molecule has 5 atom stereocenters. The Hall–Kier alpha value is -1.97. The fourth-order valence-electron chi connectivity index (χ4n) is 2.55. The van der Waals surface area contributed by atoms with Crippen molar-refractivity contribution in [1.29, 1.82) is 0 Å². The van der Waals surface area contributed by atoms with Gasteiger partial charge in [-0.05, 0) is 5.56 Å². The largest absolute Gasteiger partial charge is 0.445 e. The van der Waals surface area contributed by atoms with Gasteiger partial charge in [-0.1, -0.05) is 36.4 Å². The van der Waals surface area contributed by atoms with E-state index in [-0.39, 0.29) is 6.61 Å². The standard InChI is InChI=1S/C17H24N2O6/c1-2-8-18-16-13(15(22)14(21)12(9-20)25-16)19-17(23)24-10-11-6-4-3-5-7-11/h2-7,12-16,18,20-22H,1,8-10H2,(H,19,23)/t12-,13-,14-,15-,16-/m1/s1. The highest BCUT2D eigenvalue weighted by Crippen LogP contribution is 2.20. The van der Waals surface area contributed by atoms with Crippen LogP contribution in [0.5, 0.6) is 0 Å². The number of carbonyl (C=O) groups is 1. The van der Waals surface area contributed by atoms with Crippen molar-refractivity contribution in [3.05, 3.63) is 48.6 Å². The highest BCUT2D eigenvalue weighted by Gasteiger charge is 2.44. The van der Waals surface area contributed by atoms with E-state index in [1.807, 2.05) is 30.3 Å². The minimum Gasteiger partial charge on any atom is -0.445 e. The van der Waals surface area contributed by atoms with Gasteiger partial charge in [0.15, 0.2) is 0 Å². The molecule has 8 heteroatoms. The Kier molecular flexibility index (Phi) is 7.35. The summed E-state index contributed by atoms with van der Waals surface area (Å²) in [5.41, 5.74) is 0.819. The van der Waals surface area contributed by atoms with Gasteiger partial charge in [0.25, 0.3) is 0 Å². The molecular formula is C17H24N2O6. The summed E-state index contributed by atoms with van der Waals surface area (Å²) >= 11 is 0. The highest BCUT2D eigenvalue weighted by atomic mass is 16.6. The predicted octanol–water partition coefficient (Wildman–Crippen LogP) is -0.504. The number of rotatable bonds is 7. The molecule has 138 valence electrons. The summed E-state index contributed by atoms with van der Waals surface area (Å²) in [5, 5.41) is 34.9. The average Bonchev–Trinajstić information content (AvgIpc) is 2.64. The van der Waals surface area contributed by atoms with Gasteiger partial charge in [-0.3, -0.25) is 5.32 Å². The van der Waals surface area contributed by atoms with E-state index in [9.17, 15) is 20.1 Å². The van der Waals surface area contributed by atoms with E-state index in [0.717, 1.165) is 5.56 Å². The molecule has 0 saturated carbocycles. The highest BCUT2D eigenvalue weighted by molar-refractivity contribution is 5.67. The van der Waals surface area contributed by atoms with E-state index in [2.05, 4.69) is 17.2 Å². The molecule has 2 rings (SSSR count). The van der Waals surface area contributed by atoms with E-state index >= 15 is 0 Å². The number of hydrogen-bond acceptors (Lipinski definition) is 7. The molecule has 0 bridgehead atoms. The lowest BCUT2D eigenvalue weighted by atomic mass is 9.96. The molecule has 0 aliphatic carbocycles. The van der Waals surface area contributed by atoms with Gasteiger partial charge in [0.1, 0.15) is 37.2 Å². The van der Waals surface area contributed by atoms with E-state index in [0.29, 0.717) is 6.54 Å². The maximum absolute atomic E-state index is 12.0. The summed E-state index contributed by atoms with van der Waals surface area (Å²) in [7, 11) is 0. The average molecular weight is 352 g/mol. The van der Waals surface area contributed by atoms with Crippen LogP contribution in [0.25, 0.3) is 0 Å². The van der Waals surface area contributed by atoms with Crippen LogP contribution in [0.15, 0.2) is 43.0 Å². The Balaban J connectivity index is 1.97. The molecule has 1 aromatic rings. The van der Waals surface area contributed by atoms with E-state index < -0.39 is 43.3 Å². The molecule has 5 N–H and O–H groups in total. The summed E-state index contributed by atoms with van der Waals surface area (Å²) in [6.07, 6.45) is -3.63. The van der Waals surface area contributed by atoms with Crippen molar-refractivity contribution in [3.63, 3.8) is 0 Å². The summed E-state index contributed by atoms with van der Waals surface area (Å²) in [6.45, 7) is 3.54. The first-order valence-electron chi connectivity index (χ1n) is 8.00. The van der Waals surface area contributed by atoms with Gasteiger partial charge < -0.3 is 30.1 Å². The third kappa shape index (κ3) is 5.25. The molecule has 8 nitrogen and oxygen atoms in total. The monoisotopic (exact) mass is 352 g/mol. The number of ether oxygens (including phenoxy) is 2. The number of nitrogens with one attached hydrogen (secondary N) is 2. The van der Waals surface area contributed by atoms with Crippen molar-refractivity contribution in [2.24, 2.45) is 0 Å². The van der Waals surface area contributed by atoms with Crippen LogP contribution in [-0.4, -0.2) is 65.1 Å². The van der Waals surface area contributed by atoms with E-state index in [1.54, 1.807) is 6.08 Å². The predicted molar refractivity (Wildman–Crippen MR) is 89.5 cm³/mol. The number of alkyl carbamates (subject to hydrolysis) is 1. The molecule has 0 radical (unpaired) electrons. The first kappa shape index (κ1) is 19.4. The molecule has 1 heterocycles. The maximum Gasteiger partial charge on any atom is 0.407 e. The van der Waals surface area contributed by atoms with Gasteiger partial charge in [-0.15, -0.1) is 6.58 Å². The SMILES string of the molecule is C=CCN[C@@H]1O[C@H](CO)[C@@H](O)[C@H](O)[C@H]1NC(=O)OCc1ccccc1. The number of hydrogen-bond donors (Lipinski definition) is 5. The Labute approximate surface area is 146 Å². The fourth-order valence-corrected chi connectivity index (χ4v) is 2.55. The van der Waals surface area contributed by atoms with Gasteiger partial charge >= 0.3 is 6.09 Å². The topological polar surface area (TPSA) is 120 Å². The van der Waals surface area contributed by atoms with Crippen LogP contribution in [0.3, 0.4) is 0 Å². The second kappa shape index (κ2) is 9.50. The fraction of sp³-hybridized carbons (Fsp3) is 0.471. The number of aliphatic hydroxyl groups excluding tert-OH is 3. The normalized spacial score (nSPS) is 29.0. The molecule has 0 aromatic heterocycles. The molecule has 1 aliphatic rings. The number of benzene rings is 1. The Morgan fingerprint density at radius 3 is 2.64 bits per heavy atom. The molecule has 1 aromatic carbocycles. The molecule has 1 amide bonds. The van der Waals surface area contributed by atoms with Crippen molar-refractivity contribution < 1.29 is 29.6 Å². The van der Waals surface area contributed by atoms with Crippen LogP contribution >= 0.6 is 0 Å². The molecule has 25 heavy (non-hydrogen) atoms. The van der Waals surface area contributed by atoms with Crippen LogP contribution in [0.2, 0.25) is 0 Å². The zero-order valence-corrected chi connectivity index (χ0v) is 13.7. The number of carbonyl (C=O) groups excluding carboxylic acids is 1. The smallest absolute Gasteiger partial charge is 0.407 e. The van der Waals surface area contributed by atoms with Crippen LogP contribution in [-0.2, 0) is 16.1 Å². The number of aliphatic hydroxyl groups is 3. The van der Waals surface area contributed by atoms with Gasteiger partial charge in [-0.25, -0.2) is 4.79 Å². The van der Waals surface area contributed by atoms with Crippen LogP contribution < -0.4 is 10.6 Å². The van der Waals surface area contributed by atoms with Crippen molar-refractivity contribution in [2.45, 2.75) is 37.2 Å². The second-order valence-electron chi connectivity index (χ2n) is 5.69. The molecule has 0 unspecified atom stereocenters. The first-order chi connectivity index (χ1) is 12.1. The van der Waals surface area contributed by atoms with E-state index in [1.165, 1.54) is 0 Å². The molecular weight excluding hydrogens is 328 g/mol. The third-order valence-electron chi connectivity index (χ3n) is 3.89. The zero-order valence-electron chi connectivity index (χ0n) is 13.7. The van der Waals surface area contributed by atoms with Gasteiger partial charge in [0.2, 0.25) is 0 Å². The molecule has 1 saturated heterocycles. The van der Waals surface area contributed by atoms with Crippen molar-refractivity contribution in [2.75, 3.05) is 13.2 Å². The minimum absolute atomic E-state index is 0.0723. The Morgan fingerprint density at radius 1 is 1.28 bits per heavy atom. The Bertz CT molecular complexity index is 555. The summed E-state index contributed by atoms with van der Waals surface area (Å²) < 4.78 is 10.6. The van der Waals surface area contributed by atoms with Crippen molar-refractivity contribution >= 4 is 6.09 Å². The Morgan fingerprint density at radius 2 is 2.00 bits per heavy atom. The third-order valence-corrected chi connectivity index (χ3v) is 3.89. The van der Waals surface area contributed by atoms with Crippen LogP contribution in [0, 0.1) is 0 Å². The lowest BCUT2D eigenvalue weighted by molar-refractivity contribution is -0.200. The van der Waals surface area contributed by atoms with E-state index in [4.69, 9.17) is 9.47 Å². The molecule has 0 spiro atoms. The first-order valence-corrected chi connectivity index (χ1v) is 8.00. The molecule has 1 fully saturated rings. The quantitative estimate of drug-likeness (QED) is 0.419. The van der Waals surface area contributed by atoms with Gasteiger partial charge in [0.05, 0.1) is 6.61 Å². The summed E-state index contributed by atoms with van der Waals surface area (Å²) in [5.74, 6) is 0. The van der Waals surface area contributed by atoms with Crippen LogP contribution in [0.4, 0.5) is 4.79 Å². The summed E-state index contributed by atoms with van der Waals surface area (Å²) in [6, 6.07) is 8.19. The van der Waals surface area contributed by atoms with Crippen molar-refractivity contribution in [1.82, 2.24) is 10.6 Å². The maximum atomic E-state index is 12.0. The molecule has 1 aliphatic heterocycles. The number of amides is 1. The second-order valence-corrected chi connectivity index (χ2v) is 5.69. The lowest BCUT2D eigenvalue weighted by Gasteiger charge is -2.42. The summed E-state index contributed by atoms with van der Waals surface area (Å²) in [4.78, 5) is 12.0. The van der Waals surface area contributed by atoms with Crippen molar-refractivity contribution in [3.8, 4) is 0 Å². The van der Waals surface area contributed by atoms with Gasteiger partial charge in [0, 0.05) is 6.54 Å². The van der Waals surface area contributed by atoms with Gasteiger partial charge in [-0.2, -0.15) is 0 Å². The zero-order chi connectivity index (χ0) is 18.2. The van der Waals surface area contributed by atoms with Crippen LogP contribution in [0.1, 0.15) is 5.56 Å².